The zero-order valence-corrected chi connectivity index (χ0v) is 15.5. The van der Waals surface area contributed by atoms with E-state index in [2.05, 4.69) is 5.32 Å². The SMILES string of the molecule is COc1ccc(C(=O)N[C@H](C(=O)OCc2ccccc2)c2ccccc2)cc1. The molecule has 0 aliphatic carbocycles. The van der Waals surface area contributed by atoms with Crippen LogP contribution in [0.5, 0.6) is 5.75 Å². The summed E-state index contributed by atoms with van der Waals surface area (Å²) in [6.07, 6.45) is 0. The summed E-state index contributed by atoms with van der Waals surface area (Å²) in [4.78, 5) is 25.4. The molecule has 0 bridgehead atoms. The summed E-state index contributed by atoms with van der Waals surface area (Å²) in [5.41, 5.74) is 1.96. The van der Waals surface area contributed by atoms with Crippen molar-refractivity contribution >= 4 is 11.9 Å². The number of hydrogen-bond donors (Lipinski definition) is 1. The summed E-state index contributed by atoms with van der Waals surface area (Å²) in [5, 5.41) is 2.77. The van der Waals surface area contributed by atoms with Crippen molar-refractivity contribution < 1.29 is 19.1 Å². The molecule has 0 unspecified atom stereocenters. The number of amides is 1. The smallest absolute Gasteiger partial charge is 0.333 e. The van der Waals surface area contributed by atoms with Gasteiger partial charge in [-0.15, -0.1) is 0 Å². The van der Waals surface area contributed by atoms with Crippen molar-refractivity contribution in [2.45, 2.75) is 12.6 Å². The first-order valence-corrected chi connectivity index (χ1v) is 8.88. The Morgan fingerprint density at radius 2 is 1.46 bits per heavy atom. The standard InChI is InChI=1S/C23H21NO4/c1-27-20-14-12-19(13-15-20)22(25)24-21(18-10-6-3-7-11-18)23(26)28-16-17-8-4-2-5-9-17/h2-15,21H,16H2,1H3,(H,24,25)/t21-/m0/s1. The highest BCUT2D eigenvalue weighted by atomic mass is 16.5. The molecule has 0 fully saturated rings. The number of hydrogen-bond acceptors (Lipinski definition) is 4. The minimum atomic E-state index is -0.903. The van der Waals surface area contributed by atoms with Crippen LogP contribution < -0.4 is 10.1 Å². The summed E-state index contributed by atoms with van der Waals surface area (Å²) in [7, 11) is 1.56. The van der Waals surface area contributed by atoms with Gasteiger partial charge in [0.1, 0.15) is 12.4 Å². The average molecular weight is 375 g/mol. The van der Waals surface area contributed by atoms with E-state index in [4.69, 9.17) is 9.47 Å². The van der Waals surface area contributed by atoms with Gasteiger partial charge in [0, 0.05) is 5.56 Å². The summed E-state index contributed by atoms with van der Waals surface area (Å²) < 4.78 is 10.5. The van der Waals surface area contributed by atoms with E-state index in [0.29, 0.717) is 16.9 Å². The molecule has 0 radical (unpaired) electrons. The number of ether oxygens (including phenoxy) is 2. The second-order valence-electron chi connectivity index (χ2n) is 6.14. The second kappa shape index (κ2) is 9.37. The fourth-order valence-corrected chi connectivity index (χ4v) is 2.69. The van der Waals surface area contributed by atoms with Crippen molar-refractivity contribution in [3.8, 4) is 5.75 Å². The lowest BCUT2D eigenvalue weighted by atomic mass is 10.1. The van der Waals surface area contributed by atoms with Gasteiger partial charge in [-0.05, 0) is 35.4 Å². The summed E-state index contributed by atoms with van der Waals surface area (Å²) >= 11 is 0. The quantitative estimate of drug-likeness (QED) is 0.636. The molecule has 1 amide bonds. The lowest BCUT2D eigenvalue weighted by Gasteiger charge is -2.18. The molecule has 0 aromatic heterocycles. The molecule has 0 heterocycles. The maximum atomic E-state index is 12.7. The molecule has 28 heavy (non-hydrogen) atoms. The predicted molar refractivity (Wildman–Crippen MR) is 106 cm³/mol. The Morgan fingerprint density at radius 1 is 0.857 bits per heavy atom. The average Bonchev–Trinajstić information content (AvgIpc) is 2.77. The minimum Gasteiger partial charge on any atom is -0.497 e. The van der Waals surface area contributed by atoms with Crippen molar-refractivity contribution in [3.05, 3.63) is 102 Å². The van der Waals surface area contributed by atoms with E-state index in [-0.39, 0.29) is 12.5 Å². The van der Waals surface area contributed by atoms with Crippen molar-refractivity contribution in [1.29, 1.82) is 0 Å². The fraction of sp³-hybridized carbons (Fsp3) is 0.130. The molecule has 5 heteroatoms. The molecule has 0 saturated heterocycles. The first kappa shape index (κ1) is 19.2. The molecule has 1 N–H and O–H groups in total. The van der Waals surface area contributed by atoms with Crippen molar-refractivity contribution in [3.63, 3.8) is 0 Å². The Balaban J connectivity index is 1.74. The van der Waals surface area contributed by atoms with Crippen LogP contribution in [-0.2, 0) is 16.1 Å². The Bertz CT molecular complexity index is 908. The number of methoxy groups -OCH3 is 1. The van der Waals surface area contributed by atoms with Crippen LogP contribution in [0.25, 0.3) is 0 Å². The number of rotatable bonds is 7. The van der Waals surface area contributed by atoms with Gasteiger partial charge in [-0.2, -0.15) is 0 Å². The van der Waals surface area contributed by atoms with E-state index in [1.807, 2.05) is 48.5 Å². The van der Waals surface area contributed by atoms with Gasteiger partial charge in [0.05, 0.1) is 7.11 Å². The Morgan fingerprint density at radius 3 is 2.07 bits per heavy atom. The maximum Gasteiger partial charge on any atom is 0.333 e. The van der Waals surface area contributed by atoms with E-state index < -0.39 is 12.0 Å². The van der Waals surface area contributed by atoms with Crippen molar-refractivity contribution in [2.75, 3.05) is 7.11 Å². The molecular weight excluding hydrogens is 354 g/mol. The highest BCUT2D eigenvalue weighted by Crippen LogP contribution is 2.18. The molecule has 5 nitrogen and oxygen atoms in total. The van der Waals surface area contributed by atoms with Gasteiger partial charge in [-0.25, -0.2) is 4.79 Å². The first-order valence-electron chi connectivity index (χ1n) is 8.88. The Labute approximate surface area is 163 Å². The van der Waals surface area contributed by atoms with Crippen molar-refractivity contribution in [1.82, 2.24) is 5.32 Å². The Kier molecular flexibility index (Phi) is 6.41. The fourth-order valence-electron chi connectivity index (χ4n) is 2.69. The molecule has 0 aliphatic heterocycles. The first-order chi connectivity index (χ1) is 13.7. The highest BCUT2D eigenvalue weighted by molar-refractivity contribution is 5.97. The third-order valence-electron chi connectivity index (χ3n) is 4.22. The molecule has 3 aromatic rings. The molecule has 3 aromatic carbocycles. The monoisotopic (exact) mass is 375 g/mol. The molecule has 0 aliphatic rings. The highest BCUT2D eigenvalue weighted by Gasteiger charge is 2.25. The molecular formula is C23H21NO4. The topological polar surface area (TPSA) is 64.6 Å². The maximum absolute atomic E-state index is 12.7. The van der Waals surface area contributed by atoms with Gasteiger partial charge in [0.15, 0.2) is 6.04 Å². The number of carbonyl (C=O) groups is 2. The zero-order chi connectivity index (χ0) is 19.8. The molecule has 1 atom stereocenters. The van der Waals surface area contributed by atoms with Gasteiger partial charge in [-0.3, -0.25) is 4.79 Å². The number of benzene rings is 3. The molecule has 0 saturated carbocycles. The summed E-state index contributed by atoms with van der Waals surface area (Å²) in [5.74, 6) is -0.233. The van der Waals surface area contributed by atoms with E-state index >= 15 is 0 Å². The molecule has 142 valence electrons. The van der Waals surface area contributed by atoms with Crippen LogP contribution >= 0.6 is 0 Å². The van der Waals surface area contributed by atoms with E-state index in [9.17, 15) is 9.59 Å². The van der Waals surface area contributed by atoms with Crippen LogP contribution in [0, 0.1) is 0 Å². The second-order valence-corrected chi connectivity index (χ2v) is 6.14. The zero-order valence-electron chi connectivity index (χ0n) is 15.5. The van der Waals surface area contributed by atoms with Crippen LogP contribution in [-0.4, -0.2) is 19.0 Å². The van der Waals surface area contributed by atoms with Gasteiger partial charge < -0.3 is 14.8 Å². The minimum absolute atomic E-state index is 0.140. The van der Waals surface area contributed by atoms with Gasteiger partial charge in [0.2, 0.25) is 0 Å². The molecule has 0 spiro atoms. The van der Waals surface area contributed by atoms with Crippen LogP contribution in [0.2, 0.25) is 0 Å². The summed E-state index contributed by atoms with van der Waals surface area (Å²) in [6.45, 7) is 0.140. The summed E-state index contributed by atoms with van der Waals surface area (Å²) in [6, 6.07) is 24.2. The largest absolute Gasteiger partial charge is 0.497 e. The van der Waals surface area contributed by atoms with E-state index in [1.165, 1.54) is 0 Å². The lowest BCUT2D eigenvalue weighted by Crippen LogP contribution is -2.34. The van der Waals surface area contributed by atoms with E-state index in [1.54, 1.807) is 43.5 Å². The Hall–Kier alpha value is -3.60. The van der Waals surface area contributed by atoms with Gasteiger partial charge in [0.25, 0.3) is 5.91 Å². The van der Waals surface area contributed by atoms with Gasteiger partial charge >= 0.3 is 5.97 Å². The van der Waals surface area contributed by atoms with Crippen LogP contribution in [0.3, 0.4) is 0 Å². The molecule has 3 rings (SSSR count). The van der Waals surface area contributed by atoms with Crippen LogP contribution in [0.15, 0.2) is 84.9 Å². The normalized spacial score (nSPS) is 11.3. The van der Waals surface area contributed by atoms with Crippen LogP contribution in [0.1, 0.15) is 27.5 Å². The lowest BCUT2D eigenvalue weighted by molar-refractivity contribution is -0.147. The number of esters is 1. The number of carbonyl (C=O) groups excluding carboxylic acids is 2. The van der Waals surface area contributed by atoms with Crippen molar-refractivity contribution in [2.24, 2.45) is 0 Å². The van der Waals surface area contributed by atoms with Crippen LogP contribution in [0.4, 0.5) is 0 Å². The third-order valence-corrected chi connectivity index (χ3v) is 4.22. The number of nitrogens with one attached hydrogen (secondary N) is 1. The predicted octanol–water partition coefficient (Wildman–Crippen LogP) is 3.91. The van der Waals surface area contributed by atoms with Gasteiger partial charge in [-0.1, -0.05) is 60.7 Å². The van der Waals surface area contributed by atoms with E-state index in [0.717, 1.165) is 5.56 Å². The third kappa shape index (κ3) is 4.98.